The number of nitrogens with one attached hydrogen (secondary N) is 2. The number of para-hydroxylation sites is 1. The highest BCUT2D eigenvalue weighted by atomic mass is 79.9. The molecule has 1 unspecified atom stereocenters. The van der Waals surface area contributed by atoms with E-state index in [1.54, 1.807) is 0 Å². The first-order valence-electron chi connectivity index (χ1n) is 6.63. The molecule has 1 heterocycles. The fraction of sp³-hybridized carbons (Fsp3) is 0.500. The number of ether oxygens (including phenoxy) is 1. The number of halogens is 1. The SMILES string of the molecule is O=C(CCOc1ccccc1Br)NC1CCCNC1. The van der Waals surface area contributed by atoms with Crippen molar-refractivity contribution in [3.63, 3.8) is 0 Å². The molecule has 0 aliphatic carbocycles. The van der Waals surface area contributed by atoms with E-state index in [-0.39, 0.29) is 11.9 Å². The molecule has 2 rings (SSSR count). The van der Waals surface area contributed by atoms with Crippen molar-refractivity contribution >= 4 is 21.8 Å². The van der Waals surface area contributed by atoms with Crippen LogP contribution in [0.15, 0.2) is 28.7 Å². The molecule has 0 bridgehead atoms. The predicted octanol–water partition coefficient (Wildman–Crippen LogP) is 2.09. The molecule has 5 heteroatoms. The van der Waals surface area contributed by atoms with Crippen molar-refractivity contribution in [2.75, 3.05) is 19.7 Å². The van der Waals surface area contributed by atoms with E-state index in [1.165, 1.54) is 0 Å². The van der Waals surface area contributed by atoms with Crippen LogP contribution in [0.3, 0.4) is 0 Å². The zero-order valence-electron chi connectivity index (χ0n) is 10.8. The largest absolute Gasteiger partial charge is 0.492 e. The molecule has 1 aliphatic rings. The van der Waals surface area contributed by atoms with Crippen molar-refractivity contribution in [3.8, 4) is 5.75 Å². The highest BCUT2D eigenvalue weighted by molar-refractivity contribution is 9.10. The van der Waals surface area contributed by atoms with E-state index in [2.05, 4.69) is 26.6 Å². The molecule has 0 radical (unpaired) electrons. The number of rotatable bonds is 5. The van der Waals surface area contributed by atoms with E-state index in [0.717, 1.165) is 36.2 Å². The Morgan fingerprint density at radius 3 is 3.05 bits per heavy atom. The van der Waals surface area contributed by atoms with E-state index in [1.807, 2.05) is 24.3 Å². The maximum Gasteiger partial charge on any atom is 0.223 e. The third-order valence-corrected chi connectivity index (χ3v) is 3.74. The second-order valence-corrected chi connectivity index (χ2v) is 5.49. The molecule has 0 spiro atoms. The van der Waals surface area contributed by atoms with Crippen LogP contribution in [-0.2, 0) is 4.79 Å². The molecular weight excluding hydrogens is 308 g/mol. The molecule has 19 heavy (non-hydrogen) atoms. The van der Waals surface area contributed by atoms with E-state index >= 15 is 0 Å². The Morgan fingerprint density at radius 2 is 2.32 bits per heavy atom. The van der Waals surface area contributed by atoms with Gasteiger partial charge in [0, 0.05) is 12.6 Å². The maximum atomic E-state index is 11.8. The highest BCUT2D eigenvalue weighted by Gasteiger charge is 2.15. The monoisotopic (exact) mass is 326 g/mol. The Morgan fingerprint density at radius 1 is 1.47 bits per heavy atom. The minimum absolute atomic E-state index is 0.0563. The van der Waals surface area contributed by atoms with Crippen LogP contribution < -0.4 is 15.4 Å². The summed E-state index contributed by atoms with van der Waals surface area (Å²) in [6, 6.07) is 7.91. The molecule has 1 aromatic rings. The first-order valence-corrected chi connectivity index (χ1v) is 7.42. The quantitative estimate of drug-likeness (QED) is 0.871. The predicted molar refractivity (Wildman–Crippen MR) is 78.3 cm³/mol. The van der Waals surface area contributed by atoms with Gasteiger partial charge in [-0.15, -0.1) is 0 Å². The highest BCUT2D eigenvalue weighted by Crippen LogP contribution is 2.23. The van der Waals surface area contributed by atoms with Gasteiger partial charge in [0.25, 0.3) is 0 Å². The lowest BCUT2D eigenvalue weighted by Crippen LogP contribution is -2.45. The third kappa shape index (κ3) is 4.84. The average Bonchev–Trinajstić information content (AvgIpc) is 2.42. The fourth-order valence-corrected chi connectivity index (χ4v) is 2.49. The molecule has 1 amide bonds. The first-order chi connectivity index (χ1) is 9.25. The Balaban J connectivity index is 1.67. The number of amides is 1. The molecule has 1 atom stereocenters. The third-order valence-electron chi connectivity index (χ3n) is 3.09. The molecule has 2 N–H and O–H groups in total. The lowest BCUT2D eigenvalue weighted by molar-refractivity contribution is -0.122. The zero-order chi connectivity index (χ0) is 13.5. The Bertz CT molecular complexity index is 420. The molecule has 1 fully saturated rings. The van der Waals surface area contributed by atoms with Crippen LogP contribution in [-0.4, -0.2) is 31.6 Å². The summed E-state index contributed by atoms with van der Waals surface area (Å²) in [6.07, 6.45) is 2.57. The van der Waals surface area contributed by atoms with Crippen LogP contribution >= 0.6 is 15.9 Å². The number of hydrogen-bond donors (Lipinski definition) is 2. The van der Waals surface area contributed by atoms with E-state index in [9.17, 15) is 4.79 Å². The van der Waals surface area contributed by atoms with Gasteiger partial charge in [-0.3, -0.25) is 4.79 Å². The summed E-state index contributed by atoms with van der Waals surface area (Å²) in [6.45, 7) is 2.32. The number of benzene rings is 1. The van der Waals surface area contributed by atoms with Crippen LogP contribution in [0, 0.1) is 0 Å². The summed E-state index contributed by atoms with van der Waals surface area (Å²) in [4.78, 5) is 11.8. The van der Waals surface area contributed by atoms with Gasteiger partial charge in [0.15, 0.2) is 0 Å². The lowest BCUT2D eigenvalue weighted by atomic mass is 10.1. The summed E-state index contributed by atoms with van der Waals surface area (Å²) < 4.78 is 6.48. The van der Waals surface area contributed by atoms with Crippen molar-refractivity contribution in [2.45, 2.75) is 25.3 Å². The fourth-order valence-electron chi connectivity index (χ4n) is 2.09. The number of piperidine rings is 1. The second kappa shape index (κ2) is 7.50. The molecule has 104 valence electrons. The van der Waals surface area contributed by atoms with Crippen LogP contribution in [0.4, 0.5) is 0 Å². The van der Waals surface area contributed by atoms with Gasteiger partial charge >= 0.3 is 0 Å². The van der Waals surface area contributed by atoms with Crippen molar-refractivity contribution in [2.24, 2.45) is 0 Å². The Labute approximate surface area is 122 Å². The van der Waals surface area contributed by atoms with Crippen molar-refractivity contribution < 1.29 is 9.53 Å². The first kappa shape index (κ1) is 14.3. The van der Waals surface area contributed by atoms with Crippen molar-refractivity contribution in [3.05, 3.63) is 28.7 Å². The van der Waals surface area contributed by atoms with Gasteiger partial charge in [-0.25, -0.2) is 0 Å². The van der Waals surface area contributed by atoms with Crippen LogP contribution in [0.2, 0.25) is 0 Å². The van der Waals surface area contributed by atoms with E-state index in [4.69, 9.17) is 4.74 Å². The molecule has 0 saturated carbocycles. The van der Waals surface area contributed by atoms with E-state index in [0.29, 0.717) is 13.0 Å². The number of hydrogen-bond acceptors (Lipinski definition) is 3. The summed E-state index contributed by atoms with van der Waals surface area (Å²) >= 11 is 3.41. The Kier molecular flexibility index (Phi) is 5.66. The molecule has 0 aromatic heterocycles. The number of carbonyl (C=O) groups is 1. The molecule has 1 saturated heterocycles. The normalized spacial score (nSPS) is 18.9. The summed E-state index contributed by atoms with van der Waals surface area (Å²) in [5.74, 6) is 0.829. The lowest BCUT2D eigenvalue weighted by Gasteiger charge is -2.23. The van der Waals surface area contributed by atoms with Gasteiger partial charge in [-0.1, -0.05) is 12.1 Å². The molecule has 1 aromatic carbocycles. The van der Waals surface area contributed by atoms with Gasteiger partial charge in [-0.2, -0.15) is 0 Å². The van der Waals surface area contributed by atoms with Crippen molar-refractivity contribution in [1.29, 1.82) is 0 Å². The average molecular weight is 327 g/mol. The van der Waals surface area contributed by atoms with Gasteiger partial charge in [0.2, 0.25) is 5.91 Å². The smallest absolute Gasteiger partial charge is 0.223 e. The topological polar surface area (TPSA) is 50.4 Å². The maximum absolute atomic E-state index is 11.8. The summed E-state index contributed by atoms with van der Waals surface area (Å²) in [5.41, 5.74) is 0. The summed E-state index contributed by atoms with van der Waals surface area (Å²) in [7, 11) is 0. The zero-order valence-corrected chi connectivity index (χ0v) is 12.4. The molecule has 1 aliphatic heterocycles. The molecule has 4 nitrogen and oxygen atoms in total. The minimum Gasteiger partial charge on any atom is -0.492 e. The van der Waals surface area contributed by atoms with Gasteiger partial charge < -0.3 is 15.4 Å². The van der Waals surface area contributed by atoms with E-state index < -0.39 is 0 Å². The van der Waals surface area contributed by atoms with Gasteiger partial charge in [0.1, 0.15) is 5.75 Å². The van der Waals surface area contributed by atoms with Crippen LogP contribution in [0.5, 0.6) is 5.75 Å². The Hall–Kier alpha value is -1.07. The second-order valence-electron chi connectivity index (χ2n) is 4.64. The van der Waals surface area contributed by atoms with Gasteiger partial charge in [-0.05, 0) is 47.4 Å². The van der Waals surface area contributed by atoms with Crippen molar-refractivity contribution in [1.82, 2.24) is 10.6 Å². The van der Waals surface area contributed by atoms with Crippen LogP contribution in [0.25, 0.3) is 0 Å². The number of carbonyl (C=O) groups excluding carboxylic acids is 1. The molecular formula is C14H19BrN2O2. The van der Waals surface area contributed by atoms with Gasteiger partial charge in [0.05, 0.1) is 17.5 Å². The minimum atomic E-state index is 0.0563. The summed E-state index contributed by atoms with van der Waals surface area (Å²) in [5, 5.41) is 6.30. The van der Waals surface area contributed by atoms with Crippen LogP contribution in [0.1, 0.15) is 19.3 Å². The standard InChI is InChI=1S/C14H19BrN2O2/c15-12-5-1-2-6-13(12)19-9-7-14(18)17-11-4-3-8-16-10-11/h1-2,5-6,11,16H,3-4,7-10H2,(H,17,18).